The van der Waals surface area contributed by atoms with Crippen LogP contribution in [0.4, 0.5) is 0 Å². The van der Waals surface area contributed by atoms with Gasteiger partial charge in [-0.05, 0) is 103 Å². The van der Waals surface area contributed by atoms with E-state index in [4.69, 9.17) is 0 Å². The Bertz CT molecular complexity index is 684. The van der Waals surface area contributed by atoms with E-state index in [2.05, 4.69) is 47.6 Å². The highest BCUT2D eigenvalue weighted by atomic mass is 16.3. The Balaban J connectivity index is 1.53. The van der Waals surface area contributed by atoms with Crippen LogP contribution < -0.4 is 0 Å². The first-order valence-corrected chi connectivity index (χ1v) is 12.8. The van der Waals surface area contributed by atoms with Gasteiger partial charge in [0.1, 0.15) is 0 Å². The van der Waals surface area contributed by atoms with Crippen molar-refractivity contribution in [3.8, 4) is 0 Å². The topological polar surface area (TPSA) is 20.2 Å². The Kier molecular flexibility index (Phi) is 5.86. The fraction of sp³-hybridized carbons (Fsp3) is 0.857. The zero-order valence-corrected chi connectivity index (χ0v) is 20.1. The van der Waals surface area contributed by atoms with Crippen molar-refractivity contribution in [1.29, 1.82) is 0 Å². The maximum Gasteiger partial charge on any atom is 0.0543 e. The highest BCUT2D eigenvalue weighted by molar-refractivity contribution is 5.49. The average Bonchev–Trinajstić information content (AvgIpc) is 3.03. The lowest BCUT2D eigenvalue weighted by atomic mass is 9.51. The van der Waals surface area contributed by atoms with Crippen molar-refractivity contribution in [2.75, 3.05) is 0 Å². The van der Waals surface area contributed by atoms with E-state index >= 15 is 0 Å². The summed E-state index contributed by atoms with van der Waals surface area (Å²) < 4.78 is 0. The molecule has 0 heterocycles. The summed E-state index contributed by atoms with van der Waals surface area (Å²) >= 11 is 0. The van der Waals surface area contributed by atoms with Crippen LogP contribution in [-0.2, 0) is 0 Å². The van der Waals surface area contributed by atoms with Gasteiger partial charge in [-0.15, -0.1) is 0 Å². The molecular weight excluding hydrogens is 352 g/mol. The third-order valence-corrected chi connectivity index (χ3v) is 10.4. The molecule has 1 N–H and O–H groups in total. The number of rotatable bonds is 5. The van der Waals surface area contributed by atoms with Crippen LogP contribution in [0.2, 0.25) is 0 Å². The second-order valence-corrected chi connectivity index (χ2v) is 12.2. The van der Waals surface area contributed by atoms with E-state index < -0.39 is 0 Å². The molecule has 7 atom stereocenters. The van der Waals surface area contributed by atoms with Gasteiger partial charge in [-0.3, -0.25) is 0 Å². The molecule has 0 amide bonds. The van der Waals surface area contributed by atoms with Gasteiger partial charge in [-0.1, -0.05) is 66.0 Å². The van der Waals surface area contributed by atoms with Gasteiger partial charge in [-0.25, -0.2) is 0 Å². The van der Waals surface area contributed by atoms with Crippen molar-refractivity contribution >= 4 is 0 Å². The lowest BCUT2D eigenvalue weighted by molar-refractivity contribution is 0.0225. The highest BCUT2D eigenvalue weighted by Gasteiger charge is 2.52. The van der Waals surface area contributed by atoms with E-state index in [0.29, 0.717) is 16.7 Å². The summed E-state index contributed by atoms with van der Waals surface area (Å²) in [5.41, 5.74) is 6.13. The Morgan fingerprint density at radius 2 is 1.76 bits per heavy atom. The molecule has 1 saturated carbocycles. The summed E-state index contributed by atoms with van der Waals surface area (Å²) in [5.74, 6) is 4.03. The minimum absolute atomic E-state index is 0.0479. The van der Waals surface area contributed by atoms with Gasteiger partial charge >= 0.3 is 0 Å². The van der Waals surface area contributed by atoms with Crippen molar-refractivity contribution in [1.82, 2.24) is 0 Å². The third-order valence-electron chi connectivity index (χ3n) is 10.4. The molecule has 0 aromatic heterocycles. The number of allylic oxidation sites excluding steroid dienone is 4. The van der Waals surface area contributed by atoms with Gasteiger partial charge in [0.2, 0.25) is 0 Å². The molecule has 164 valence electrons. The largest absolute Gasteiger partial charge is 0.393 e. The fourth-order valence-electron chi connectivity index (χ4n) is 7.79. The standard InChI is InChI=1S/C28H46O/c1-18(2)19(3)7-8-20(4)24-11-12-25-23-10-9-21-17-22(29)13-15-27(21,5)26(23)14-16-28(24,25)6/h12,18-22,24,29H,7-11,13-17H2,1-6H3/t19-,20-,21?,22?,24-,27+,28-/m1/s1. The molecule has 2 unspecified atom stereocenters. The molecule has 4 aliphatic carbocycles. The molecule has 1 heteroatoms. The summed E-state index contributed by atoms with van der Waals surface area (Å²) in [6, 6.07) is 0. The third kappa shape index (κ3) is 3.58. The maximum atomic E-state index is 10.2. The van der Waals surface area contributed by atoms with E-state index in [1.807, 2.05) is 5.57 Å². The molecule has 0 bridgehead atoms. The summed E-state index contributed by atoms with van der Waals surface area (Å²) in [6.45, 7) is 14.9. The Morgan fingerprint density at radius 3 is 2.48 bits per heavy atom. The molecule has 4 aliphatic rings. The lowest BCUT2D eigenvalue weighted by Crippen LogP contribution is -2.44. The van der Waals surface area contributed by atoms with E-state index in [1.165, 1.54) is 51.4 Å². The number of aliphatic hydroxyl groups excluding tert-OH is 1. The van der Waals surface area contributed by atoms with Gasteiger partial charge in [0.05, 0.1) is 6.10 Å². The first kappa shape index (κ1) is 21.7. The zero-order chi connectivity index (χ0) is 21.0. The predicted molar refractivity (Wildman–Crippen MR) is 124 cm³/mol. The quantitative estimate of drug-likeness (QED) is 0.503. The summed E-state index contributed by atoms with van der Waals surface area (Å²) in [4.78, 5) is 0. The summed E-state index contributed by atoms with van der Waals surface area (Å²) in [6.07, 6.45) is 15.2. The van der Waals surface area contributed by atoms with Crippen molar-refractivity contribution in [2.24, 2.45) is 40.4 Å². The molecular formula is C28H46O. The second kappa shape index (κ2) is 7.85. The van der Waals surface area contributed by atoms with Crippen LogP contribution in [0.25, 0.3) is 0 Å². The lowest BCUT2D eigenvalue weighted by Gasteiger charge is -2.54. The molecule has 0 aromatic rings. The maximum absolute atomic E-state index is 10.2. The Morgan fingerprint density at radius 1 is 1.00 bits per heavy atom. The minimum Gasteiger partial charge on any atom is -0.393 e. The molecule has 29 heavy (non-hydrogen) atoms. The molecule has 0 radical (unpaired) electrons. The Hall–Kier alpha value is -0.560. The van der Waals surface area contributed by atoms with E-state index in [1.54, 1.807) is 11.1 Å². The van der Waals surface area contributed by atoms with Crippen LogP contribution >= 0.6 is 0 Å². The van der Waals surface area contributed by atoms with E-state index in [-0.39, 0.29) is 6.10 Å². The monoisotopic (exact) mass is 398 g/mol. The van der Waals surface area contributed by atoms with Gasteiger partial charge in [0, 0.05) is 0 Å². The predicted octanol–water partition coefficient (Wildman–Crippen LogP) is 7.70. The van der Waals surface area contributed by atoms with Crippen molar-refractivity contribution in [2.45, 2.75) is 112 Å². The molecule has 0 spiro atoms. The normalized spacial score (nSPS) is 41.5. The first-order valence-electron chi connectivity index (χ1n) is 12.8. The van der Waals surface area contributed by atoms with Crippen LogP contribution in [-0.4, -0.2) is 11.2 Å². The molecule has 1 nitrogen and oxygen atoms in total. The van der Waals surface area contributed by atoms with Crippen LogP contribution in [0.1, 0.15) is 106 Å². The Labute approximate surface area is 180 Å². The number of hydrogen-bond donors (Lipinski definition) is 1. The molecule has 1 fully saturated rings. The van der Waals surface area contributed by atoms with Crippen LogP contribution in [0, 0.1) is 40.4 Å². The summed E-state index contributed by atoms with van der Waals surface area (Å²) in [5, 5.41) is 10.2. The molecule has 0 aliphatic heterocycles. The number of aliphatic hydroxyl groups is 1. The van der Waals surface area contributed by atoms with Gasteiger partial charge in [-0.2, -0.15) is 0 Å². The molecule has 4 rings (SSSR count). The van der Waals surface area contributed by atoms with Gasteiger partial charge < -0.3 is 5.11 Å². The molecule has 0 aromatic carbocycles. The number of hydrogen-bond acceptors (Lipinski definition) is 1. The summed E-state index contributed by atoms with van der Waals surface area (Å²) in [7, 11) is 0. The zero-order valence-electron chi connectivity index (χ0n) is 20.1. The van der Waals surface area contributed by atoms with Crippen LogP contribution in [0.15, 0.2) is 22.8 Å². The molecule has 0 saturated heterocycles. The van der Waals surface area contributed by atoms with E-state index in [9.17, 15) is 5.11 Å². The van der Waals surface area contributed by atoms with E-state index in [0.717, 1.165) is 36.5 Å². The van der Waals surface area contributed by atoms with Crippen molar-refractivity contribution in [3.63, 3.8) is 0 Å². The van der Waals surface area contributed by atoms with Crippen molar-refractivity contribution < 1.29 is 5.11 Å². The fourth-order valence-corrected chi connectivity index (χ4v) is 7.79. The smallest absolute Gasteiger partial charge is 0.0543 e. The van der Waals surface area contributed by atoms with Crippen molar-refractivity contribution in [3.05, 3.63) is 22.8 Å². The van der Waals surface area contributed by atoms with Crippen LogP contribution in [0.3, 0.4) is 0 Å². The van der Waals surface area contributed by atoms with Gasteiger partial charge in [0.25, 0.3) is 0 Å². The van der Waals surface area contributed by atoms with Crippen LogP contribution in [0.5, 0.6) is 0 Å². The highest BCUT2D eigenvalue weighted by Crippen LogP contribution is 2.64. The average molecular weight is 399 g/mol. The number of fused-ring (bicyclic) bond motifs is 4. The minimum atomic E-state index is -0.0479. The first-order chi connectivity index (χ1) is 13.7. The van der Waals surface area contributed by atoms with Gasteiger partial charge in [0.15, 0.2) is 0 Å². The SMILES string of the molecule is CC(C)[C@H](C)CC[C@@H](C)[C@H]1CC=C2C3=C(CC[C@@]21C)[C@@]1(C)CCC(O)CC1CC3. The second-order valence-electron chi connectivity index (χ2n) is 12.2.